The Hall–Kier alpha value is -1.98. The van der Waals surface area contributed by atoms with Gasteiger partial charge in [0.1, 0.15) is 4.90 Å². The summed E-state index contributed by atoms with van der Waals surface area (Å²) in [5.41, 5.74) is -5.72. The maximum absolute atomic E-state index is 13.7. The third-order valence-corrected chi connectivity index (χ3v) is 11.0. The summed E-state index contributed by atoms with van der Waals surface area (Å²) in [4.78, 5) is 3.44. The molecule has 2 unspecified atom stereocenters. The Kier molecular flexibility index (Phi) is 7.55. The number of sulfonamides is 3. The molecule has 0 amide bonds. The van der Waals surface area contributed by atoms with E-state index in [1.54, 1.807) is 4.72 Å². The molecule has 0 aliphatic carbocycles. The second kappa shape index (κ2) is 9.96. The van der Waals surface area contributed by atoms with Crippen LogP contribution in [0.2, 0.25) is 5.02 Å². The molecule has 2 atom stereocenters. The van der Waals surface area contributed by atoms with Gasteiger partial charge < -0.3 is 0 Å². The quantitative estimate of drug-likeness (QED) is 0.473. The van der Waals surface area contributed by atoms with Crippen molar-refractivity contribution in [2.75, 3.05) is 11.3 Å². The van der Waals surface area contributed by atoms with Gasteiger partial charge >= 0.3 is 15.5 Å². The lowest BCUT2D eigenvalue weighted by atomic mass is 9.93. The number of fused-ring (bicyclic) bond motifs is 2. The van der Waals surface area contributed by atoms with E-state index in [0.29, 0.717) is 12.8 Å². The van der Waals surface area contributed by atoms with Crippen LogP contribution >= 0.6 is 11.6 Å². The molecular weight excluding hydrogens is 581 g/mol. The van der Waals surface area contributed by atoms with Gasteiger partial charge in [0.2, 0.25) is 10.0 Å². The minimum atomic E-state index is -5.51. The number of anilines is 1. The third kappa shape index (κ3) is 5.73. The van der Waals surface area contributed by atoms with Gasteiger partial charge in [-0.05, 0) is 61.9 Å². The van der Waals surface area contributed by atoms with Gasteiger partial charge in [0.25, 0.3) is 10.0 Å². The fourth-order valence-corrected chi connectivity index (χ4v) is 8.64. The van der Waals surface area contributed by atoms with Crippen molar-refractivity contribution in [1.29, 1.82) is 0 Å². The Morgan fingerprint density at radius 3 is 2.22 bits per heavy atom. The van der Waals surface area contributed by atoms with Gasteiger partial charge in [-0.15, -0.1) is 0 Å². The van der Waals surface area contributed by atoms with Crippen molar-refractivity contribution in [1.82, 2.24) is 14.0 Å². The zero-order valence-electron chi connectivity index (χ0n) is 18.9. The molecule has 3 heterocycles. The second-order valence-electron chi connectivity index (χ2n) is 8.77. The molecule has 2 bridgehead atoms. The Balaban J connectivity index is 1.58. The first kappa shape index (κ1) is 28.0. The molecule has 2 fully saturated rings. The fourth-order valence-electron chi connectivity index (χ4n) is 4.74. The number of hydrogen-bond donors (Lipinski definition) is 2. The van der Waals surface area contributed by atoms with Crippen molar-refractivity contribution in [3.05, 3.63) is 47.6 Å². The molecular formula is C20H22ClF3N4O6S3. The highest BCUT2D eigenvalue weighted by molar-refractivity contribution is 7.93. The second-order valence-corrected chi connectivity index (χ2v) is 14.4. The summed E-state index contributed by atoms with van der Waals surface area (Å²) in [5.74, 6) is -0.506. The zero-order chi connectivity index (χ0) is 27.2. The number of benzene rings is 1. The van der Waals surface area contributed by atoms with Crippen LogP contribution < -0.4 is 9.44 Å². The lowest BCUT2D eigenvalue weighted by Gasteiger charge is -2.38. The van der Waals surface area contributed by atoms with Crippen LogP contribution in [-0.4, -0.2) is 58.7 Å². The van der Waals surface area contributed by atoms with E-state index in [9.17, 15) is 38.4 Å². The Morgan fingerprint density at radius 1 is 1.00 bits per heavy atom. The maximum Gasteiger partial charge on any atom is 0.511 e. The maximum atomic E-state index is 13.7. The van der Waals surface area contributed by atoms with Crippen LogP contribution in [0.15, 0.2) is 52.5 Å². The first-order valence-electron chi connectivity index (χ1n) is 10.9. The molecule has 2 aliphatic heterocycles. The molecule has 0 saturated carbocycles. The summed E-state index contributed by atoms with van der Waals surface area (Å²) < 4.78 is 119. The van der Waals surface area contributed by atoms with E-state index in [4.69, 9.17) is 11.6 Å². The Labute approximate surface area is 217 Å². The van der Waals surface area contributed by atoms with Gasteiger partial charge in [-0.2, -0.15) is 25.9 Å². The molecule has 2 N–H and O–H groups in total. The minimum absolute atomic E-state index is 0.0799. The van der Waals surface area contributed by atoms with Crippen molar-refractivity contribution in [2.24, 2.45) is 5.92 Å². The van der Waals surface area contributed by atoms with Gasteiger partial charge in [0.05, 0.1) is 5.69 Å². The normalized spacial score (nSPS) is 23.2. The molecule has 4 rings (SSSR count). The number of nitrogens with one attached hydrogen (secondary N) is 2. The van der Waals surface area contributed by atoms with Crippen molar-refractivity contribution in [3.63, 3.8) is 0 Å². The number of hydrogen-bond acceptors (Lipinski definition) is 7. The largest absolute Gasteiger partial charge is 0.511 e. The summed E-state index contributed by atoms with van der Waals surface area (Å²) in [5, 5.41) is -0.253. The lowest BCUT2D eigenvalue weighted by molar-refractivity contribution is -0.0449. The summed E-state index contributed by atoms with van der Waals surface area (Å²) >= 11 is 6.02. The zero-order valence-corrected chi connectivity index (χ0v) is 22.1. The smallest absolute Gasteiger partial charge is 0.277 e. The molecule has 2 saturated heterocycles. The number of alkyl halides is 3. The molecule has 1 aromatic carbocycles. The topological polar surface area (TPSA) is 143 Å². The molecule has 2 aromatic rings. The van der Waals surface area contributed by atoms with Gasteiger partial charge in [0.15, 0.2) is 5.03 Å². The van der Waals surface area contributed by atoms with E-state index in [1.807, 2.05) is 0 Å². The van der Waals surface area contributed by atoms with Crippen LogP contribution in [0.4, 0.5) is 18.9 Å². The highest BCUT2D eigenvalue weighted by Gasteiger charge is 2.49. The molecule has 37 heavy (non-hydrogen) atoms. The molecule has 2 aliphatic rings. The first-order valence-corrected chi connectivity index (χ1v) is 15.7. The van der Waals surface area contributed by atoms with E-state index in [0.717, 1.165) is 6.07 Å². The van der Waals surface area contributed by atoms with Crippen molar-refractivity contribution < 1.29 is 38.4 Å². The SMILES string of the molecule is O=S(=O)(Nc1cc(Cl)ccc1S(=O)(=O)N1C2CCC1CC(CNS(=O)(=O)C(F)(F)F)C2)c1ccccn1. The minimum Gasteiger partial charge on any atom is -0.277 e. The summed E-state index contributed by atoms with van der Waals surface area (Å²) in [6.07, 6.45) is 2.39. The van der Waals surface area contributed by atoms with Crippen molar-refractivity contribution >= 4 is 47.4 Å². The van der Waals surface area contributed by atoms with E-state index in [2.05, 4.69) is 9.71 Å². The van der Waals surface area contributed by atoms with E-state index in [-0.39, 0.29) is 33.5 Å². The number of aromatic nitrogens is 1. The summed E-state index contributed by atoms with van der Waals surface area (Å²) in [6, 6.07) is 6.65. The monoisotopic (exact) mass is 602 g/mol. The Bertz CT molecular complexity index is 1470. The molecule has 0 radical (unpaired) electrons. The van der Waals surface area contributed by atoms with Crippen LogP contribution in [0.25, 0.3) is 0 Å². The predicted octanol–water partition coefficient (Wildman–Crippen LogP) is 2.91. The Morgan fingerprint density at radius 2 is 1.65 bits per heavy atom. The van der Waals surface area contributed by atoms with Crippen LogP contribution in [0.3, 0.4) is 0 Å². The molecule has 1 aromatic heterocycles. The summed E-state index contributed by atoms with van der Waals surface area (Å²) in [6.45, 7) is -0.473. The third-order valence-electron chi connectivity index (χ3n) is 6.28. The number of halogens is 4. The predicted molar refractivity (Wildman–Crippen MR) is 128 cm³/mol. The first-order chi connectivity index (χ1) is 17.1. The van der Waals surface area contributed by atoms with Gasteiger partial charge in [-0.1, -0.05) is 17.7 Å². The van der Waals surface area contributed by atoms with Gasteiger partial charge in [-0.25, -0.2) is 26.5 Å². The number of rotatable bonds is 8. The van der Waals surface area contributed by atoms with Crippen LogP contribution in [0.1, 0.15) is 25.7 Å². The fraction of sp³-hybridized carbons (Fsp3) is 0.450. The number of piperidine rings is 1. The standard InChI is InChI=1S/C20H22ClF3N4O6S3/c21-14-4-7-18(17(11-14)27-35(29,30)19-3-1-2-8-25-19)36(31,32)28-15-5-6-16(28)10-13(9-15)12-26-37(33,34)20(22,23)24/h1-4,7-8,11,13,15-16,26-27H,5-6,9-10,12H2. The molecule has 204 valence electrons. The average Bonchev–Trinajstić information content (AvgIpc) is 3.09. The number of pyridine rings is 1. The van der Waals surface area contributed by atoms with Crippen LogP contribution in [-0.2, 0) is 30.1 Å². The van der Waals surface area contributed by atoms with Crippen molar-refractivity contribution in [2.45, 2.75) is 53.2 Å². The molecule has 0 spiro atoms. The van der Waals surface area contributed by atoms with E-state index < -0.39 is 60.1 Å². The van der Waals surface area contributed by atoms with Gasteiger partial charge in [-0.3, -0.25) is 4.72 Å². The average molecular weight is 603 g/mol. The van der Waals surface area contributed by atoms with Crippen molar-refractivity contribution in [3.8, 4) is 0 Å². The highest BCUT2D eigenvalue weighted by atomic mass is 35.5. The lowest BCUT2D eigenvalue weighted by Crippen LogP contribution is -2.49. The van der Waals surface area contributed by atoms with E-state index in [1.165, 1.54) is 40.8 Å². The summed E-state index contributed by atoms with van der Waals surface area (Å²) in [7, 11) is -14.0. The van der Waals surface area contributed by atoms with Gasteiger partial charge in [0, 0.05) is 29.8 Å². The van der Waals surface area contributed by atoms with Crippen LogP contribution in [0.5, 0.6) is 0 Å². The number of nitrogens with zero attached hydrogens (tertiary/aromatic N) is 2. The van der Waals surface area contributed by atoms with Crippen LogP contribution in [0, 0.1) is 5.92 Å². The highest BCUT2D eigenvalue weighted by Crippen LogP contribution is 2.43. The molecule has 17 heteroatoms. The van der Waals surface area contributed by atoms with E-state index >= 15 is 0 Å². The molecule has 10 nitrogen and oxygen atoms in total.